The van der Waals surface area contributed by atoms with E-state index >= 15 is 0 Å². The summed E-state index contributed by atoms with van der Waals surface area (Å²) in [5.41, 5.74) is -0.354. The highest BCUT2D eigenvalue weighted by atomic mass is 19.4. The monoisotopic (exact) mass is 258 g/mol. The van der Waals surface area contributed by atoms with Gasteiger partial charge < -0.3 is 10.2 Å². The van der Waals surface area contributed by atoms with Gasteiger partial charge in [0.15, 0.2) is 0 Å². The topological polar surface area (TPSA) is 32.3 Å². The summed E-state index contributed by atoms with van der Waals surface area (Å²) in [5, 5.41) is 2.24. The fraction of sp³-hybridized carbons (Fsp3) is 0.417. The SMILES string of the molecule is O=CNc1ccc(N2CCCC2)c(C(F)(F)F)c1. The number of carbonyl (C=O) groups excluding carboxylic acids is 1. The van der Waals surface area contributed by atoms with Crippen molar-refractivity contribution in [3.63, 3.8) is 0 Å². The van der Waals surface area contributed by atoms with E-state index in [-0.39, 0.29) is 11.4 Å². The van der Waals surface area contributed by atoms with Crippen LogP contribution in [-0.4, -0.2) is 19.5 Å². The number of rotatable bonds is 3. The van der Waals surface area contributed by atoms with Crippen LogP contribution in [0.5, 0.6) is 0 Å². The zero-order valence-electron chi connectivity index (χ0n) is 9.63. The molecule has 0 aliphatic carbocycles. The van der Waals surface area contributed by atoms with Gasteiger partial charge in [-0.3, -0.25) is 4.79 Å². The molecular formula is C12H13F3N2O. The van der Waals surface area contributed by atoms with Crippen molar-refractivity contribution in [2.24, 2.45) is 0 Å². The van der Waals surface area contributed by atoms with Crippen LogP contribution in [0.25, 0.3) is 0 Å². The molecule has 1 saturated heterocycles. The number of hydrogen-bond donors (Lipinski definition) is 1. The largest absolute Gasteiger partial charge is 0.418 e. The Kier molecular flexibility index (Phi) is 3.45. The lowest BCUT2D eigenvalue weighted by Gasteiger charge is -2.23. The first-order valence-electron chi connectivity index (χ1n) is 5.69. The van der Waals surface area contributed by atoms with Gasteiger partial charge in [0.1, 0.15) is 0 Å². The van der Waals surface area contributed by atoms with Gasteiger partial charge in [0, 0.05) is 24.5 Å². The average molecular weight is 258 g/mol. The lowest BCUT2D eigenvalue weighted by molar-refractivity contribution is -0.137. The molecule has 0 saturated carbocycles. The molecular weight excluding hydrogens is 245 g/mol. The van der Waals surface area contributed by atoms with Gasteiger partial charge in [-0.05, 0) is 31.0 Å². The third-order valence-electron chi connectivity index (χ3n) is 2.97. The standard InChI is InChI=1S/C12H13F3N2O/c13-12(14,15)10-7-9(16-8-18)3-4-11(10)17-5-1-2-6-17/h3-4,7-8H,1-2,5-6H2,(H,16,18). The summed E-state index contributed by atoms with van der Waals surface area (Å²) in [4.78, 5) is 12.0. The molecule has 3 nitrogen and oxygen atoms in total. The number of anilines is 2. The van der Waals surface area contributed by atoms with E-state index in [4.69, 9.17) is 0 Å². The molecule has 2 rings (SSSR count). The summed E-state index contributed by atoms with van der Waals surface area (Å²) in [6.07, 6.45) is -2.24. The Labute approximate surface area is 103 Å². The Hall–Kier alpha value is -1.72. The van der Waals surface area contributed by atoms with Gasteiger partial charge >= 0.3 is 6.18 Å². The fourth-order valence-corrected chi connectivity index (χ4v) is 2.15. The quantitative estimate of drug-likeness (QED) is 0.845. The minimum Gasteiger partial charge on any atom is -0.371 e. The highest BCUT2D eigenvalue weighted by Gasteiger charge is 2.35. The molecule has 1 aliphatic rings. The first-order valence-corrected chi connectivity index (χ1v) is 5.69. The number of amides is 1. The molecule has 1 amide bonds. The van der Waals surface area contributed by atoms with E-state index in [0.717, 1.165) is 18.9 Å². The van der Waals surface area contributed by atoms with Crippen molar-refractivity contribution in [2.45, 2.75) is 19.0 Å². The third-order valence-corrected chi connectivity index (χ3v) is 2.97. The molecule has 1 fully saturated rings. The zero-order valence-corrected chi connectivity index (χ0v) is 9.63. The number of nitrogens with zero attached hydrogens (tertiary/aromatic N) is 1. The second kappa shape index (κ2) is 4.88. The maximum absolute atomic E-state index is 13.0. The minimum absolute atomic E-state index is 0.153. The van der Waals surface area contributed by atoms with Gasteiger partial charge in [0.05, 0.1) is 5.56 Å². The molecule has 0 radical (unpaired) electrons. The van der Waals surface area contributed by atoms with Crippen LogP contribution in [0.2, 0.25) is 0 Å². The van der Waals surface area contributed by atoms with Gasteiger partial charge in [0.2, 0.25) is 6.41 Å². The summed E-state index contributed by atoms with van der Waals surface area (Å²) in [6.45, 7) is 1.28. The van der Waals surface area contributed by atoms with Gasteiger partial charge in [0.25, 0.3) is 0 Å². The van der Waals surface area contributed by atoms with E-state index in [1.165, 1.54) is 12.1 Å². The van der Waals surface area contributed by atoms with Crippen LogP contribution < -0.4 is 10.2 Å². The molecule has 0 spiro atoms. The van der Waals surface area contributed by atoms with Gasteiger partial charge in [-0.2, -0.15) is 13.2 Å². The van der Waals surface area contributed by atoms with Crippen LogP contribution in [0, 0.1) is 0 Å². The summed E-state index contributed by atoms with van der Waals surface area (Å²) in [6, 6.07) is 3.87. The Bertz CT molecular complexity index is 439. The highest BCUT2D eigenvalue weighted by Crippen LogP contribution is 2.39. The lowest BCUT2D eigenvalue weighted by Crippen LogP contribution is -2.22. The Morgan fingerprint density at radius 1 is 1.22 bits per heavy atom. The predicted molar refractivity (Wildman–Crippen MR) is 62.6 cm³/mol. The molecule has 98 valence electrons. The molecule has 1 heterocycles. The van der Waals surface area contributed by atoms with Gasteiger partial charge in [-0.15, -0.1) is 0 Å². The Morgan fingerprint density at radius 3 is 2.44 bits per heavy atom. The molecule has 1 aliphatic heterocycles. The van der Waals surface area contributed by atoms with Crippen LogP contribution in [-0.2, 0) is 11.0 Å². The highest BCUT2D eigenvalue weighted by molar-refractivity contribution is 5.74. The van der Waals surface area contributed by atoms with Crippen molar-refractivity contribution >= 4 is 17.8 Å². The fourth-order valence-electron chi connectivity index (χ4n) is 2.15. The van der Waals surface area contributed by atoms with E-state index in [0.29, 0.717) is 19.5 Å². The van der Waals surface area contributed by atoms with Gasteiger partial charge in [-0.1, -0.05) is 0 Å². The molecule has 6 heteroatoms. The molecule has 0 unspecified atom stereocenters. The number of nitrogens with one attached hydrogen (secondary N) is 1. The smallest absolute Gasteiger partial charge is 0.371 e. The molecule has 1 aromatic rings. The first kappa shape index (κ1) is 12.7. The van der Waals surface area contributed by atoms with E-state index in [1.54, 1.807) is 4.90 Å². The number of hydrogen-bond acceptors (Lipinski definition) is 2. The molecule has 1 aromatic carbocycles. The number of halogens is 3. The maximum Gasteiger partial charge on any atom is 0.418 e. The number of carbonyl (C=O) groups is 1. The maximum atomic E-state index is 13.0. The van der Waals surface area contributed by atoms with E-state index < -0.39 is 11.7 Å². The number of alkyl halides is 3. The summed E-state index contributed by atoms with van der Waals surface area (Å²) < 4.78 is 38.9. The van der Waals surface area contributed by atoms with Crippen molar-refractivity contribution < 1.29 is 18.0 Å². The summed E-state index contributed by atoms with van der Waals surface area (Å²) in [7, 11) is 0. The van der Waals surface area contributed by atoms with Crippen molar-refractivity contribution in [3.05, 3.63) is 23.8 Å². The molecule has 18 heavy (non-hydrogen) atoms. The van der Waals surface area contributed by atoms with Crippen LogP contribution in [0.4, 0.5) is 24.5 Å². The van der Waals surface area contributed by atoms with Crippen LogP contribution >= 0.6 is 0 Å². The van der Waals surface area contributed by atoms with E-state index in [1.807, 2.05) is 0 Å². The van der Waals surface area contributed by atoms with Crippen molar-refractivity contribution in [1.29, 1.82) is 0 Å². The lowest BCUT2D eigenvalue weighted by atomic mass is 10.1. The number of benzene rings is 1. The van der Waals surface area contributed by atoms with Crippen molar-refractivity contribution in [1.82, 2.24) is 0 Å². The zero-order chi connectivity index (χ0) is 13.2. The Balaban J connectivity index is 2.41. The normalized spacial score (nSPS) is 15.8. The third kappa shape index (κ3) is 2.57. The molecule has 0 bridgehead atoms. The average Bonchev–Trinajstić information content (AvgIpc) is 2.81. The molecule has 0 aromatic heterocycles. The Morgan fingerprint density at radius 2 is 1.89 bits per heavy atom. The minimum atomic E-state index is -4.42. The van der Waals surface area contributed by atoms with Crippen LogP contribution in [0.3, 0.4) is 0 Å². The second-order valence-electron chi connectivity index (χ2n) is 4.19. The molecule has 0 atom stereocenters. The first-order chi connectivity index (χ1) is 8.52. The summed E-state index contributed by atoms with van der Waals surface area (Å²) >= 11 is 0. The van der Waals surface area contributed by atoms with Crippen LogP contribution in [0.1, 0.15) is 18.4 Å². The van der Waals surface area contributed by atoms with Crippen LogP contribution in [0.15, 0.2) is 18.2 Å². The molecule has 1 N–H and O–H groups in total. The van der Waals surface area contributed by atoms with E-state index in [2.05, 4.69) is 5.32 Å². The van der Waals surface area contributed by atoms with Crippen molar-refractivity contribution in [3.8, 4) is 0 Å². The predicted octanol–water partition coefficient (Wildman–Crippen LogP) is 2.87. The second-order valence-corrected chi connectivity index (χ2v) is 4.19. The van der Waals surface area contributed by atoms with Crippen molar-refractivity contribution in [2.75, 3.05) is 23.3 Å². The summed E-state index contributed by atoms with van der Waals surface area (Å²) in [5.74, 6) is 0. The van der Waals surface area contributed by atoms with Gasteiger partial charge in [-0.25, -0.2) is 0 Å². The van der Waals surface area contributed by atoms with E-state index in [9.17, 15) is 18.0 Å².